The Morgan fingerprint density at radius 2 is 2.29 bits per heavy atom. The van der Waals surface area contributed by atoms with Crippen LogP contribution < -0.4 is 5.32 Å². The van der Waals surface area contributed by atoms with Crippen molar-refractivity contribution in [1.82, 2.24) is 5.32 Å². The summed E-state index contributed by atoms with van der Waals surface area (Å²) < 4.78 is 20.0. The van der Waals surface area contributed by atoms with Gasteiger partial charge in [0.25, 0.3) is 0 Å². The van der Waals surface area contributed by atoms with Crippen molar-refractivity contribution in [3.05, 3.63) is 45.9 Å². The molecule has 2 rings (SSSR count). The largest absolute Gasteiger partial charge is 0.501 e. The Bertz CT molecular complexity index is 413. The van der Waals surface area contributed by atoms with E-state index >= 15 is 0 Å². The minimum atomic E-state index is -0.204. The molecule has 1 aliphatic rings. The number of hydrogen-bond acceptors (Lipinski definition) is 2. The molecule has 1 unspecified atom stereocenters. The SMILES string of the molecule is CNC(C1=COCCC1)c1c(F)cccc1Br. The zero-order chi connectivity index (χ0) is 12.3. The van der Waals surface area contributed by atoms with Crippen LogP contribution in [-0.4, -0.2) is 13.7 Å². The quantitative estimate of drug-likeness (QED) is 0.922. The molecular formula is C13H15BrFNO. The van der Waals surface area contributed by atoms with E-state index in [4.69, 9.17) is 4.74 Å². The van der Waals surface area contributed by atoms with E-state index in [2.05, 4.69) is 21.2 Å². The average molecular weight is 300 g/mol. The second-order valence-electron chi connectivity index (χ2n) is 4.02. The third kappa shape index (κ3) is 2.69. The average Bonchev–Trinajstić information content (AvgIpc) is 2.35. The molecule has 0 amide bonds. The van der Waals surface area contributed by atoms with Gasteiger partial charge < -0.3 is 10.1 Å². The highest BCUT2D eigenvalue weighted by molar-refractivity contribution is 9.10. The van der Waals surface area contributed by atoms with Gasteiger partial charge in [-0.2, -0.15) is 0 Å². The topological polar surface area (TPSA) is 21.3 Å². The Balaban J connectivity index is 2.38. The molecule has 0 fully saturated rings. The predicted octanol–water partition coefficient (Wildman–Crippen LogP) is 3.54. The molecule has 0 spiro atoms. The first kappa shape index (κ1) is 12.6. The number of hydrogen-bond donors (Lipinski definition) is 1. The summed E-state index contributed by atoms with van der Waals surface area (Å²) in [5.74, 6) is -0.204. The summed E-state index contributed by atoms with van der Waals surface area (Å²) in [7, 11) is 1.83. The normalized spacial score (nSPS) is 17.2. The van der Waals surface area contributed by atoms with E-state index in [9.17, 15) is 4.39 Å². The molecular weight excluding hydrogens is 285 g/mol. The minimum Gasteiger partial charge on any atom is -0.501 e. The van der Waals surface area contributed by atoms with E-state index < -0.39 is 0 Å². The summed E-state index contributed by atoms with van der Waals surface area (Å²) in [5, 5.41) is 3.15. The zero-order valence-electron chi connectivity index (χ0n) is 9.67. The summed E-state index contributed by atoms with van der Waals surface area (Å²) >= 11 is 3.41. The van der Waals surface area contributed by atoms with E-state index in [1.165, 1.54) is 6.07 Å². The standard InChI is InChI=1S/C13H15BrFNO/c1-16-13(9-4-3-7-17-8-9)12-10(14)5-2-6-11(12)15/h2,5-6,8,13,16H,3-4,7H2,1H3. The van der Waals surface area contributed by atoms with Gasteiger partial charge in [-0.25, -0.2) is 4.39 Å². The Labute approximate surface area is 109 Å². The monoisotopic (exact) mass is 299 g/mol. The Kier molecular flexibility index (Phi) is 4.18. The van der Waals surface area contributed by atoms with Crippen LogP contribution in [0.5, 0.6) is 0 Å². The van der Waals surface area contributed by atoms with Gasteiger partial charge in [0.05, 0.1) is 18.9 Å². The maximum Gasteiger partial charge on any atom is 0.129 e. The molecule has 0 saturated carbocycles. The van der Waals surface area contributed by atoms with Gasteiger partial charge in [0, 0.05) is 10.0 Å². The van der Waals surface area contributed by atoms with Crippen molar-refractivity contribution in [3.63, 3.8) is 0 Å². The number of likely N-dealkylation sites (N-methyl/N-ethyl adjacent to an activating group) is 1. The number of rotatable bonds is 3. The Morgan fingerprint density at radius 1 is 1.47 bits per heavy atom. The summed E-state index contributed by atoms with van der Waals surface area (Å²) in [5.41, 5.74) is 1.73. The van der Waals surface area contributed by atoms with Gasteiger partial charge in [-0.15, -0.1) is 0 Å². The van der Waals surface area contributed by atoms with Gasteiger partial charge in [0.2, 0.25) is 0 Å². The smallest absolute Gasteiger partial charge is 0.129 e. The number of nitrogens with one attached hydrogen (secondary N) is 1. The Hall–Kier alpha value is -0.870. The van der Waals surface area contributed by atoms with E-state index in [-0.39, 0.29) is 11.9 Å². The predicted molar refractivity (Wildman–Crippen MR) is 69.2 cm³/mol. The van der Waals surface area contributed by atoms with E-state index in [0.717, 1.165) is 29.5 Å². The first-order valence-corrected chi connectivity index (χ1v) is 6.45. The second-order valence-corrected chi connectivity index (χ2v) is 4.88. The van der Waals surface area contributed by atoms with Crippen LogP contribution in [0.4, 0.5) is 4.39 Å². The highest BCUT2D eigenvalue weighted by Crippen LogP contribution is 2.33. The highest BCUT2D eigenvalue weighted by Gasteiger charge is 2.22. The van der Waals surface area contributed by atoms with Crippen molar-refractivity contribution in [2.45, 2.75) is 18.9 Å². The fourth-order valence-electron chi connectivity index (χ4n) is 2.10. The molecule has 2 nitrogen and oxygen atoms in total. The second kappa shape index (κ2) is 5.65. The number of benzene rings is 1. The molecule has 4 heteroatoms. The highest BCUT2D eigenvalue weighted by atomic mass is 79.9. The lowest BCUT2D eigenvalue weighted by molar-refractivity contribution is 0.219. The maximum absolute atomic E-state index is 13.9. The van der Waals surface area contributed by atoms with E-state index in [1.54, 1.807) is 12.3 Å². The van der Waals surface area contributed by atoms with Crippen LogP contribution in [-0.2, 0) is 4.74 Å². The fraction of sp³-hybridized carbons (Fsp3) is 0.385. The molecule has 17 heavy (non-hydrogen) atoms. The van der Waals surface area contributed by atoms with Gasteiger partial charge in [0.1, 0.15) is 5.82 Å². The van der Waals surface area contributed by atoms with Crippen LogP contribution >= 0.6 is 15.9 Å². The lowest BCUT2D eigenvalue weighted by Gasteiger charge is -2.24. The van der Waals surface area contributed by atoms with Crippen molar-refractivity contribution in [2.75, 3.05) is 13.7 Å². The van der Waals surface area contributed by atoms with Gasteiger partial charge >= 0.3 is 0 Å². The van der Waals surface area contributed by atoms with Crippen LogP contribution in [0.1, 0.15) is 24.4 Å². The molecule has 0 aliphatic carbocycles. The van der Waals surface area contributed by atoms with E-state index in [0.29, 0.717) is 5.56 Å². The summed E-state index contributed by atoms with van der Waals surface area (Å²) in [6.07, 6.45) is 3.67. The van der Waals surface area contributed by atoms with Crippen molar-refractivity contribution in [2.24, 2.45) is 0 Å². The zero-order valence-corrected chi connectivity index (χ0v) is 11.3. The third-order valence-corrected chi connectivity index (χ3v) is 3.60. The molecule has 0 aromatic heterocycles. The van der Waals surface area contributed by atoms with Crippen LogP contribution in [0.3, 0.4) is 0 Å². The van der Waals surface area contributed by atoms with Crippen LogP contribution in [0.25, 0.3) is 0 Å². The van der Waals surface area contributed by atoms with E-state index in [1.807, 2.05) is 13.1 Å². The van der Waals surface area contributed by atoms with Gasteiger partial charge in [-0.05, 0) is 37.6 Å². The van der Waals surface area contributed by atoms with Crippen LogP contribution in [0.15, 0.2) is 34.5 Å². The summed E-state index contributed by atoms with van der Waals surface area (Å²) in [6.45, 7) is 0.748. The molecule has 0 radical (unpaired) electrons. The van der Waals surface area contributed by atoms with Crippen molar-refractivity contribution >= 4 is 15.9 Å². The van der Waals surface area contributed by atoms with Crippen molar-refractivity contribution < 1.29 is 9.13 Å². The lowest BCUT2D eigenvalue weighted by atomic mass is 9.95. The van der Waals surface area contributed by atoms with Gasteiger partial charge in [-0.1, -0.05) is 22.0 Å². The van der Waals surface area contributed by atoms with Gasteiger partial charge in [-0.3, -0.25) is 0 Å². The molecule has 1 atom stereocenters. The molecule has 1 aliphatic heterocycles. The van der Waals surface area contributed by atoms with Crippen molar-refractivity contribution in [1.29, 1.82) is 0 Å². The molecule has 1 N–H and O–H groups in total. The fourth-order valence-corrected chi connectivity index (χ4v) is 2.67. The summed E-state index contributed by atoms with van der Waals surface area (Å²) in [6, 6.07) is 4.90. The molecule has 0 bridgehead atoms. The Morgan fingerprint density at radius 3 is 2.88 bits per heavy atom. The van der Waals surface area contributed by atoms with Crippen LogP contribution in [0.2, 0.25) is 0 Å². The molecule has 0 saturated heterocycles. The first-order chi connectivity index (χ1) is 8.24. The van der Waals surface area contributed by atoms with Crippen LogP contribution in [0, 0.1) is 5.82 Å². The van der Waals surface area contributed by atoms with Gasteiger partial charge in [0.15, 0.2) is 0 Å². The lowest BCUT2D eigenvalue weighted by Crippen LogP contribution is -2.22. The number of halogens is 2. The minimum absolute atomic E-state index is 0.133. The molecule has 1 aromatic carbocycles. The maximum atomic E-state index is 13.9. The molecule has 1 heterocycles. The third-order valence-electron chi connectivity index (χ3n) is 2.91. The summed E-state index contributed by atoms with van der Waals surface area (Å²) in [4.78, 5) is 0. The molecule has 92 valence electrons. The number of ether oxygens (including phenoxy) is 1. The van der Waals surface area contributed by atoms with Crippen molar-refractivity contribution in [3.8, 4) is 0 Å². The first-order valence-electron chi connectivity index (χ1n) is 5.65. The molecule has 1 aromatic rings.